The maximum Gasteiger partial charge on any atom is 0.269 e. The summed E-state index contributed by atoms with van der Waals surface area (Å²) < 4.78 is 34.2. The fourth-order valence-electron chi connectivity index (χ4n) is 2.15. The average Bonchev–Trinajstić information content (AvgIpc) is 2.81. The summed E-state index contributed by atoms with van der Waals surface area (Å²) in [6, 6.07) is 5.28. The molecule has 116 valence electrons. The third-order valence-electron chi connectivity index (χ3n) is 3.03. The highest BCUT2D eigenvalue weighted by molar-refractivity contribution is 7.90. The second kappa shape index (κ2) is 5.68. The molecule has 1 saturated heterocycles. The van der Waals surface area contributed by atoms with Crippen molar-refractivity contribution in [2.75, 3.05) is 25.2 Å². The van der Waals surface area contributed by atoms with Gasteiger partial charge in [-0.1, -0.05) is 0 Å². The molecular formula is C12H15NO7S. The van der Waals surface area contributed by atoms with Crippen LogP contribution < -0.4 is 0 Å². The second-order valence-electron chi connectivity index (χ2n) is 4.86. The van der Waals surface area contributed by atoms with Crippen LogP contribution >= 0.6 is 0 Å². The first-order valence-corrected chi connectivity index (χ1v) is 8.17. The molecule has 0 radical (unpaired) electrons. The largest absolute Gasteiger partial charge is 0.394 e. The molecule has 2 atom stereocenters. The van der Waals surface area contributed by atoms with E-state index in [4.69, 9.17) is 14.6 Å². The lowest BCUT2D eigenvalue weighted by atomic mass is 10.1. The third-order valence-corrected chi connectivity index (χ3v) is 3.94. The Labute approximate surface area is 121 Å². The van der Waals surface area contributed by atoms with Crippen molar-refractivity contribution in [3.05, 3.63) is 39.9 Å². The van der Waals surface area contributed by atoms with Gasteiger partial charge in [0.1, 0.15) is 11.9 Å². The Balaban J connectivity index is 2.38. The van der Waals surface area contributed by atoms with Crippen molar-refractivity contribution in [2.45, 2.75) is 11.9 Å². The number of ether oxygens (including phenoxy) is 2. The Morgan fingerprint density at radius 1 is 1.43 bits per heavy atom. The van der Waals surface area contributed by atoms with E-state index >= 15 is 0 Å². The maximum atomic E-state index is 11.6. The van der Waals surface area contributed by atoms with E-state index < -0.39 is 32.4 Å². The van der Waals surface area contributed by atoms with Crippen molar-refractivity contribution in [3.63, 3.8) is 0 Å². The van der Waals surface area contributed by atoms with Crippen LogP contribution in [0.5, 0.6) is 0 Å². The van der Waals surface area contributed by atoms with Gasteiger partial charge in [0.05, 0.1) is 18.1 Å². The summed E-state index contributed by atoms with van der Waals surface area (Å²) in [6.07, 6.45) is 0.404. The molecular weight excluding hydrogens is 302 g/mol. The highest BCUT2D eigenvalue weighted by atomic mass is 32.2. The SMILES string of the molecule is CS(=O)(=O)C[C@@]1(c2ccc([N+](=O)[O-])cc2)OC[C@@H](CO)O1. The molecule has 0 unspecified atom stereocenters. The number of nitro benzene ring substituents is 1. The molecule has 1 heterocycles. The number of hydrogen-bond acceptors (Lipinski definition) is 7. The lowest BCUT2D eigenvalue weighted by molar-refractivity contribution is -0.384. The van der Waals surface area contributed by atoms with Crippen LogP contribution in [0.25, 0.3) is 0 Å². The summed E-state index contributed by atoms with van der Waals surface area (Å²) in [6.45, 7) is -0.262. The van der Waals surface area contributed by atoms with E-state index in [1.807, 2.05) is 0 Å². The molecule has 1 aromatic rings. The minimum atomic E-state index is -3.44. The molecule has 21 heavy (non-hydrogen) atoms. The molecule has 1 aliphatic rings. The van der Waals surface area contributed by atoms with E-state index in [-0.39, 0.29) is 18.9 Å². The minimum absolute atomic E-state index is 0.0447. The van der Waals surface area contributed by atoms with Crippen LogP contribution in [0.15, 0.2) is 24.3 Å². The van der Waals surface area contributed by atoms with Gasteiger partial charge in [0.2, 0.25) is 5.79 Å². The Morgan fingerprint density at radius 2 is 2.05 bits per heavy atom. The van der Waals surface area contributed by atoms with Crippen LogP contribution in [0.4, 0.5) is 5.69 Å². The first-order chi connectivity index (χ1) is 9.76. The molecule has 0 aromatic heterocycles. The highest BCUT2D eigenvalue weighted by Crippen LogP contribution is 2.36. The van der Waals surface area contributed by atoms with Crippen LogP contribution in [0.1, 0.15) is 5.56 Å². The predicted molar refractivity (Wildman–Crippen MR) is 72.4 cm³/mol. The zero-order chi connectivity index (χ0) is 15.7. The van der Waals surface area contributed by atoms with Crippen molar-refractivity contribution in [1.29, 1.82) is 0 Å². The van der Waals surface area contributed by atoms with E-state index in [1.54, 1.807) is 0 Å². The smallest absolute Gasteiger partial charge is 0.269 e. The van der Waals surface area contributed by atoms with Gasteiger partial charge in [-0.05, 0) is 12.1 Å². The van der Waals surface area contributed by atoms with Crippen molar-refractivity contribution in [2.24, 2.45) is 0 Å². The summed E-state index contributed by atoms with van der Waals surface area (Å²) >= 11 is 0. The van der Waals surface area contributed by atoms with Gasteiger partial charge < -0.3 is 14.6 Å². The molecule has 1 aromatic carbocycles. The van der Waals surface area contributed by atoms with Gasteiger partial charge in [0.25, 0.3) is 5.69 Å². The Morgan fingerprint density at radius 3 is 2.48 bits per heavy atom. The first-order valence-electron chi connectivity index (χ1n) is 6.11. The summed E-state index contributed by atoms with van der Waals surface area (Å²) in [5, 5.41) is 19.8. The lowest BCUT2D eigenvalue weighted by Crippen LogP contribution is -2.36. The summed E-state index contributed by atoms with van der Waals surface area (Å²) in [4.78, 5) is 10.1. The van der Waals surface area contributed by atoms with Gasteiger partial charge in [0.15, 0.2) is 9.84 Å². The summed E-state index contributed by atoms with van der Waals surface area (Å²) in [5.41, 5.74) is 0.236. The monoisotopic (exact) mass is 317 g/mol. The molecule has 0 amide bonds. The fourth-order valence-corrected chi connectivity index (χ4v) is 3.16. The van der Waals surface area contributed by atoms with Crippen LogP contribution in [0, 0.1) is 10.1 Å². The van der Waals surface area contributed by atoms with Crippen molar-refractivity contribution in [3.8, 4) is 0 Å². The topological polar surface area (TPSA) is 116 Å². The van der Waals surface area contributed by atoms with Crippen LogP contribution in [0.3, 0.4) is 0 Å². The van der Waals surface area contributed by atoms with Crippen molar-refractivity contribution < 1.29 is 27.9 Å². The number of sulfone groups is 1. The highest BCUT2D eigenvalue weighted by Gasteiger charge is 2.45. The number of benzene rings is 1. The molecule has 0 aliphatic carbocycles. The molecule has 9 heteroatoms. The zero-order valence-electron chi connectivity index (χ0n) is 11.3. The number of nitro groups is 1. The number of hydrogen-bond donors (Lipinski definition) is 1. The number of non-ortho nitro benzene ring substituents is 1. The van der Waals surface area contributed by atoms with Crippen LogP contribution in [-0.4, -0.2) is 49.8 Å². The quantitative estimate of drug-likeness (QED) is 0.609. The molecule has 2 rings (SSSR count). The first kappa shape index (κ1) is 15.8. The van der Waals surface area contributed by atoms with E-state index in [1.165, 1.54) is 24.3 Å². The lowest BCUT2D eigenvalue weighted by Gasteiger charge is -2.27. The van der Waals surface area contributed by atoms with Gasteiger partial charge >= 0.3 is 0 Å². The van der Waals surface area contributed by atoms with E-state index in [2.05, 4.69) is 0 Å². The van der Waals surface area contributed by atoms with Crippen molar-refractivity contribution in [1.82, 2.24) is 0 Å². The predicted octanol–water partition coefficient (Wildman–Crippen LogP) is 0.200. The van der Waals surface area contributed by atoms with Gasteiger partial charge in [-0.25, -0.2) is 8.42 Å². The molecule has 1 aliphatic heterocycles. The second-order valence-corrected chi connectivity index (χ2v) is 7.00. The maximum absolute atomic E-state index is 11.6. The molecule has 1 fully saturated rings. The summed E-state index contributed by atoms with van der Waals surface area (Å²) in [7, 11) is -3.44. The number of rotatable bonds is 5. The number of aliphatic hydroxyl groups is 1. The average molecular weight is 317 g/mol. The van der Waals surface area contributed by atoms with E-state index in [9.17, 15) is 18.5 Å². The van der Waals surface area contributed by atoms with E-state index in [0.717, 1.165) is 6.26 Å². The fraction of sp³-hybridized carbons (Fsp3) is 0.500. The minimum Gasteiger partial charge on any atom is -0.394 e. The molecule has 0 saturated carbocycles. The Hall–Kier alpha value is -1.55. The molecule has 8 nitrogen and oxygen atoms in total. The van der Waals surface area contributed by atoms with Crippen LogP contribution in [0.2, 0.25) is 0 Å². The summed E-state index contributed by atoms with van der Waals surface area (Å²) in [5.74, 6) is -1.98. The van der Waals surface area contributed by atoms with Gasteiger partial charge in [-0.3, -0.25) is 10.1 Å². The zero-order valence-corrected chi connectivity index (χ0v) is 12.1. The Kier molecular flexibility index (Phi) is 4.28. The number of nitrogens with zero attached hydrogens (tertiary/aromatic N) is 1. The third kappa shape index (κ3) is 3.56. The van der Waals surface area contributed by atoms with Gasteiger partial charge in [-0.15, -0.1) is 0 Å². The number of aliphatic hydroxyl groups excluding tert-OH is 1. The van der Waals surface area contributed by atoms with Crippen molar-refractivity contribution >= 4 is 15.5 Å². The molecule has 0 spiro atoms. The Bertz CT molecular complexity index is 628. The molecule has 1 N–H and O–H groups in total. The van der Waals surface area contributed by atoms with Gasteiger partial charge in [-0.2, -0.15) is 0 Å². The van der Waals surface area contributed by atoms with Crippen LogP contribution in [-0.2, 0) is 25.1 Å². The normalized spacial score (nSPS) is 25.9. The molecule has 0 bridgehead atoms. The van der Waals surface area contributed by atoms with Gasteiger partial charge in [0, 0.05) is 24.0 Å². The van der Waals surface area contributed by atoms with E-state index in [0.29, 0.717) is 5.56 Å². The standard InChI is InChI=1S/C12H15NO7S/c1-21(17,18)8-12(19-7-11(6-14)20-12)9-2-4-10(5-3-9)13(15)16/h2-5,11,14H,6-8H2,1H3/t11-,12-/m1/s1.